The van der Waals surface area contributed by atoms with Gasteiger partial charge in [-0.3, -0.25) is 0 Å². The summed E-state index contributed by atoms with van der Waals surface area (Å²) < 4.78 is 25.3. The maximum atomic E-state index is 12.0. The van der Waals surface area contributed by atoms with Crippen molar-refractivity contribution in [2.45, 2.75) is 32.1 Å². The van der Waals surface area contributed by atoms with E-state index in [-0.39, 0.29) is 5.41 Å². The molecule has 0 aliphatic carbocycles. The molecular formula is C14H24N2O2S. The van der Waals surface area contributed by atoms with Crippen LogP contribution in [0.15, 0.2) is 29.2 Å². The van der Waals surface area contributed by atoms with E-state index in [0.29, 0.717) is 4.90 Å². The first kappa shape index (κ1) is 16.0. The molecule has 0 atom stereocenters. The summed E-state index contributed by atoms with van der Waals surface area (Å²) in [5.74, 6) is 0. The first-order valence-electron chi connectivity index (χ1n) is 6.39. The third kappa shape index (κ3) is 4.84. The molecule has 0 saturated carbocycles. The molecule has 1 aromatic rings. The van der Waals surface area contributed by atoms with Crippen LogP contribution < -0.4 is 5.32 Å². The highest BCUT2D eigenvalue weighted by Crippen LogP contribution is 2.20. The highest BCUT2D eigenvalue weighted by molar-refractivity contribution is 7.89. The molecule has 19 heavy (non-hydrogen) atoms. The Morgan fingerprint density at radius 1 is 1.21 bits per heavy atom. The van der Waals surface area contributed by atoms with E-state index < -0.39 is 10.0 Å². The minimum Gasteiger partial charge on any atom is -0.385 e. The number of nitrogens with zero attached hydrogens (tertiary/aromatic N) is 1. The van der Waals surface area contributed by atoms with Crippen molar-refractivity contribution in [3.63, 3.8) is 0 Å². The van der Waals surface area contributed by atoms with E-state index in [1.807, 2.05) is 6.07 Å². The third-order valence-corrected chi connectivity index (χ3v) is 4.63. The first-order valence-corrected chi connectivity index (χ1v) is 7.83. The van der Waals surface area contributed by atoms with Gasteiger partial charge in [0.15, 0.2) is 0 Å². The van der Waals surface area contributed by atoms with Crippen molar-refractivity contribution in [3.05, 3.63) is 24.3 Å². The summed E-state index contributed by atoms with van der Waals surface area (Å²) in [5.41, 5.74) is 1.10. The van der Waals surface area contributed by atoms with Crippen LogP contribution in [0, 0.1) is 5.41 Å². The minimum atomic E-state index is -3.36. The molecular weight excluding hydrogens is 260 g/mol. The Bertz CT molecular complexity index is 516. The summed E-state index contributed by atoms with van der Waals surface area (Å²) in [7, 11) is -0.286. The molecule has 0 aromatic heterocycles. The molecule has 1 rings (SSSR count). The molecule has 4 nitrogen and oxygen atoms in total. The van der Waals surface area contributed by atoms with Crippen molar-refractivity contribution in [2.24, 2.45) is 5.41 Å². The van der Waals surface area contributed by atoms with E-state index in [2.05, 4.69) is 26.1 Å². The van der Waals surface area contributed by atoms with E-state index in [1.165, 1.54) is 18.4 Å². The zero-order valence-corrected chi connectivity index (χ0v) is 13.2. The standard InChI is InChI=1S/C14H24N2O2S/c1-14(2,3)9-10-15-12-7-6-8-13(11-12)19(17,18)16(4)5/h6-8,11,15H,9-10H2,1-5H3. The highest BCUT2D eigenvalue weighted by Gasteiger charge is 2.17. The van der Waals surface area contributed by atoms with Crippen LogP contribution in [-0.2, 0) is 10.0 Å². The van der Waals surface area contributed by atoms with Gasteiger partial charge in [0, 0.05) is 26.3 Å². The number of hydrogen-bond donors (Lipinski definition) is 1. The van der Waals surface area contributed by atoms with Crippen LogP contribution in [0.3, 0.4) is 0 Å². The van der Waals surface area contributed by atoms with E-state index >= 15 is 0 Å². The van der Waals surface area contributed by atoms with Gasteiger partial charge in [-0.2, -0.15) is 0 Å². The van der Waals surface area contributed by atoms with Crippen LogP contribution in [0.5, 0.6) is 0 Å². The summed E-state index contributed by atoms with van der Waals surface area (Å²) >= 11 is 0. The van der Waals surface area contributed by atoms with E-state index in [9.17, 15) is 8.42 Å². The van der Waals surface area contributed by atoms with Gasteiger partial charge < -0.3 is 5.32 Å². The van der Waals surface area contributed by atoms with Gasteiger partial charge in [0.1, 0.15) is 0 Å². The lowest BCUT2D eigenvalue weighted by molar-refractivity contribution is 0.390. The van der Waals surface area contributed by atoms with Gasteiger partial charge >= 0.3 is 0 Å². The summed E-state index contributed by atoms with van der Waals surface area (Å²) in [5, 5.41) is 3.27. The fourth-order valence-electron chi connectivity index (χ4n) is 1.56. The Morgan fingerprint density at radius 3 is 2.37 bits per heavy atom. The number of nitrogens with one attached hydrogen (secondary N) is 1. The van der Waals surface area contributed by atoms with E-state index in [0.717, 1.165) is 18.7 Å². The van der Waals surface area contributed by atoms with E-state index in [1.54, 1.807) is 18.2 Å². The van der Waals surface area contributed by atoms with Gasteiger partial charge in [-0.05, 0) is 30.0 Å². The van der Waals surface area contributed by atoms with Crippen LogP contribution >= 0.6 is 0 Å². The zero-order valence-electron chi connectivity index (χ0n) is 12.4. The summed E-state index contributed by atoms with van der Waals surface area (Å²) in [4.78, 5) is 0.318. The molecule has 1 N–H and O–H groups in total. The first-order chi connectivity index (χ1) is 8.63. The Labute approximate surface area is 116 Å². The molecule has 0 aliphatic rings. The third-order valence-electron chi connectivity index (χ3n) is 2.82. The SMILES string of the molecule is CN(C)S(=O)(=O)c1cccc(NCCC(C)(C)C)c1. The monoisotopic (exact) mass is 284 g/mol. The van der Waals surface area contributed by atoms with Gasteiger partial charge in [-0.1, -0.05) is 26.8 Å². The van der Waals surface area contributed by atoms with Crippen LogP contribution in [0.2, 0.25) is 0 Å². The lowest BCUT2D eigenvalue weighted by Crippen LogP contribution is -2.22. The Kier molecular flexibility index (Phi) is 4.98. The molecule has 1 aromatic carbocycles. The van der Waals surface area contributed by atoms with E-state index in [4.69, 9.17) is 0 Å². The normalized spacial score (nSPS) is 12.7. The molecule has 0 bridgehead atoms. The van der Waals surface area contributed by atoms with Crippen LogP contribution in [0.4, 0.5) is 5.69 Å². The summed E-state index contributed by atoms with van der Waals surface area (Å²) in [6.07, 6.45) is 1.03. The average molecular weight is 284 g/mol. The molecule has 0 amide bonds. The molecule has 0 heterocycles. The van der Waals surface area contributed by atoms with Gasteiger partial charge in [0.25, 0.3) is 0 Å². The van der Waals surface area contributed by atoms with Gasteiger partial charge in [-0.15, -0.1) is 0 Å². The van der Waals surface area contributed by atoms with Crippen LogP contribution in [-0.4, -0.2) is 33.4 Å². The quantitative estimate of drug-likeness (QED) is 0.904. The second-order valence-corrected chi connectivity index (χ2v) is 8.20. The number of anilines is 1. The smallest absolute Gasteiger partial charge is 0.242 e. The maximum Gasteiger partial charge on any atom is 0.242 e. The zero-order chi connectivity index (χ0) is 14.7. The van der Waals surface area contributed by atoms with Crippen molar-refractivity contribution in [1.29, 1.82) is 0 Å². The molecule has 0 spiro atoms. The number of hydrogen-bond acceptors (Lipinski definition) is 3. The predicted molar refractivity (Wildman–Crippen MR) is 79.9 cm³/mol. The lowest BCUT2D eigenvalue weighted by Gasteiger charge is -2.19. The van der Waals surface area contributed by atoms with Gasteiger partial charge in [-0.25, -0.2) is 12.7 Å². The second kappa shape index (κ2) is 5.92. The molecule has 0 radical (unpaired) electrons. The Balaban J connectivity index is 2.79. The molecule has 5 heteroatoms. The van der Waals surface area contributed by atoms with Crippen LogP contribution in [0.1, 0.15) is 27.2 Å². The average Bonchev–Trinajstić information content (AvgIpc) is 2.27. The molecule has 0 aliphatic heterocycles. The fourth-order valence-corrected chi connectivity index (χ4v) is 2.51. The lowest BCUT2D eigenvalue weighted by atomic mass is 9.92. The molecule has 108 valence electrons. The van der Waals surface area contributed by atoms with Gasteiger partial charge in [0.2, 0.25) is 10.0 Å². The minimum absolute atomic E-state index is 0.264. The highest BCUT2D eigenvalue weighted by atomic mass is 32.2. The maximum absolute atomic E-state index is 12.0. The van der Waals surface area contributed by atoms with Crippen molar-refractivity contribution < 1.29 is 8.42 Å². The number of rotatable bonds is 5. The fraction of sp³-hybridized carbons (Fsp3) is 0.571. The predicted octanol–water partition coefficient (Wildman–Crippen LogP) is 2.79. The van der Waals surface area contributed by atoms with Crippen molar-refractivity contribution in [2.75, 3.05) is 26.0 Å². The van der Waals surface area contributed by atoms with Crippen molar-refractivity contribution >= 4 is 15.7 Å². The van der Waals surface area contributed by atoms with Crippen molar-refractivity contribution in [3.8, 4) is 0 Å². The second-order valence-electron chi connectivity index (χ2n) is 6.05. The Hall–Kier alpha value is -1.07. The number of benzene rings is 1. The van der Waals surface area contributed by atoms with Gasteiger partial charge in [0.05, 0.1) is 4.90 Å². The Morgan fingerprint density at radius 2 is 1.84 bits per heavy atom. The molecule has 0 fully saturated rings. The largest absolute Gasteiger partial charge is 0.385 e. The number of sulfonamides is 1. The van der Waals surface area contributed by atoms with Crippen molar-refractivity contribution in [1.82, 2.24) is 4.31 Å². The summed E-state index contributed by atoms with van der Waals surface area (Å²) in [6.45, 7) is 7.37. The summed E-state index contributed by atoms with van der Waals surface area (Å²) in [6, 6.07) is 6.94. The topological polar surface area (TPSA) is 49.4 Å². The molecule has 0 unspecified atom stereocenters. The molecule has 0 saturated heterocycles. The van der Waals surface area contributed by atoms with Crippen LogP contribution in [0.25, 0.3) is 0 Å².